The largest absolute Gasteiger partial charge is 0.464 e. The highest BCUT2D eigenvalue weighted by Crippen LogP contribution is 2.21. The second-order valence-corrected chi connectivity index (χ2v) is 4.33. The molecule has 0 aliphatic heterocycles. The zero-order chi connectivity index (χ0) is 12.3. The van der Waals surface area contributed by atoms with E-state index in [1.54, 1.807) is 12.1 Å². The van der Waals surface area contributed by atoms with E-state index >= 15 is 0 Å². The van der Waals surface area contributed by atoms with Gasteiger partial charge in [0.25, 0.3) is 0 Å². The van der Waals surface area contributed by atoms with Crippen LogP contribution in [0.5, 0.6) is 0 Å². The SMILES string of the molecule is COC(=O)c1cccc(-c2cccc(Br)c2)n1. The molecular formula is C13H10BrNO2. The minimum Gasteiger partial charge on any atom is -0.464 e. The maximum atomic E-state index is 11.4. The Morgan fingerprint density at radius 2 is 2.00 bits per heavy atom. The number of nitrogens with zero attached hydrogens (tertiary/aromatic N) is 1. The van der Waals surface area contributed by atoms with Crippen molar-refractivity contribution in [1.29, 1.82) is 0 Å². The highest BCUT2D eigenvalue weighted by atomic mass is 79.9. The average Bonchev–Trinajstić information content (AvgIpc) is 2.38. The topological polar surface area (TPSA) is 39.2 Å². The Morgan fingerprint density at radius 1 is 1.24 bits per heavy atom. The first-order valence-corrected chi connectivity index (χ1v) is 5.81. The van der Waals surface area contributed by atoms with E-state index in [0.717, 1.165) is 15.7 Å². The van der Waals surface area contributed by atoms with Crippen molar-refractivity contribution in [3.63, 3.8) is 0 Å². The molecule has 17 heavy (non-hydrogen) atoms. The minimum atomic E-state index is -0.429. The van der Waals surface area contributed by atoms with Crippen LogP contribution in [0, 0.1) is 0 Å². The molecule has 1 aromatic heterocycles. The predicted molar refractivity (Wildman–Crippen MR) is 68.7 cm³/mol. The van der Waals surface area contributed by atoms with Gasteiger partial charge >= 0.3 is 5.97 Å². The number of methoxy groups -OCH3 is 1. The number of carbonyl (C=O) groups is 1. The van der Waals surface area contributed by atoms with Crippen molar-refractivity contribution < 1.29 is 9.53 Å². The molecule has 0 saturated heterocycles. The van der Waals surface area contributed by atoms with Crippen molar-refractivity contribution in [2.45, 2.75) is 0 Å². The standard InChI is InChI=1S/C13H10BrNO2/c1-17-13(16)12-7-3-6-11(15-12)9-4-2-5-10(14)8-9/h2-8H,1H3. The van der Waals surface area contributed by atoms with Gasteiger partial charge in [0, 0.05) is 10.0 Å². The van der Waals surface area contributed by atoms with E-state index in [4.69, 9.17) is 0 Å². The molecule has 0 bridgehead atoms. The molecule has 0 unspecified atom stereocenters. The van der Waals surface area contributed by atoms with Crippen LogP contribution in [0.25, 0.3) is 11.3 Å². The summed E-state index contributed by atoms with van der Waals surface area (Å²) in [5, 5.41) is 0. The lowest BCUT2D eigenvalue weighted by molar-refractivity contribution is 0.0594. The Hall–Kier alpha value is -1.68. The number of benzene rings is 1. The first-order chi connectivity index (χ1) is 8.20. The summed E-state index contributed by atoms with van der Waals surface area (Å²) in [6, 6.07) is 13.0. The van der Waals surface area contributed by atoms with Gasteiger partial charge in [-0.1, -0.05) is 34.1 Å². The van der Waals surface area contributed by atoms with Crippen molar-refractivity contribution in [2.24, 2.45) is 0 Å². The molecule has 2 rings (SSSR count). The van der Waals surface area contributed by atoms with Crippen molar-refractivity contribution in [2.75, 3.05) is 7.11 Å². The fourth-order valence-corrected chi connectivity index (χ4v) is 1.86. The van der Waals surface area contributed by atoms with Gasteiger partial charge in [-0.05, 0) is 24.3 Å². The Balaban J connectivity index is 2.43. The number of rotatable bonds is 2. The molecule has 86 valence electrons. The smallest absolute Gasteiger partial charge is 0.356 e. The summed E-state index contributed by atoms with van der Waals surface area (Å²) in [5.41, 5.74) is 2.00. The third-order valence-electron chi connectivity index (χ3n) is 2.26. The molecule has 0 saturated carbocycles. The lowest BCUT2D eigenvalue weighted by Crippen LogP contribution is -2.04. The summed E-state index contributed by atoms with van der Waals surface area (Å²) >= 11 is 3.40. The summed E-state index contributed by atoms with van der Waals surface area (Å²) in [4.78, 5) is 15.6. The van der Waals surface area contributed by atoms with Gasteiger partial charge in [0.05, 0.1) is 12.8 Å². The predicted octanol–water partition coefficient (Wildman–Crippen LogP) is 3.30. The summed E-state index contributed by atoms with van der Waals surface area (Å²) in [7, 11) is 1.34. The number of carbonyl (C=O) groups excluding carboxylic acids is 1. The van der Waals surface area contributed by atoms with Crippen LogP contribution in [0.1, 0.15) is 10.5 Å². The van der Waals surface area contributed by atoms with E-state index in [1.165, 1.54) is 7.11 Å². The monoisotopic (exact) mass is 291 g/mol. The molecule has 4 heteroatoms. The van der Waals surface area contributed by atoms with Gasteiger partial charge in [-0.3, -0.25) is 0 Å². The Morgan fingerprint density at radius 3 is 2.71 bits per heavy atom. The summed E-state index contributed by atoms with van der Waals surface area (Å²) in [5.74, 6) is -0.429. The molecule has 3 nitrogen and oxygen atoms in total. The lowest BCUT2D eigenvalue weighted by atomic mass is 10.1. The van der Waals surface area contributed by atoms with Crippen LogP contribution in [0.15, 0.2) is 46.9 Å². The Labute approximate surface area is 108 Å². The molecule has 2 aromatic rings. The van der Waals surface area contributed by atoms with Gasteiger partial charge in [0.2, 0.25) is 0 Å². The quantitative estimate of drug-likeness (QED) is 0.797. The third kappa shape index (κ3) is 2.71. The van der Waals surface area contributed by atoms with Crippen LogP contribution in [-0.2, 0) is 4.74 Å². The number of esters is 1. The van der Waals surface area contributed by atoms with Gasteiger partial charge in [-0.2, -0.15) is 0 Å². The first kappa shape index (κ1) is 11.8. The van der Waals surface area contributed by atoms with Crippen molar-refractivity contribution in [1.82, 2.24) is 4.98 Å². The number of hydrogen-bond acceptors (Lipinski definition) is 3. The molecule has 0 atom stereocenters. The van der Waals surface area contributed by atoms with Crippen LogP contribution < -0.4 is 0 Å². The van der Waals surface area contributed by atoms with Gasteiger partial charge in [-0.25, -0.2) is 9.78 Å². The van der Waals surface area contributed by atoms with E-state index in [1.807, 2.05) is 30.3 Å². The maximum Gasteiger partial charge on any atom is 0.356 e. The normalized spacial score (nSPS) is 10.0. The van der Waals surface area contributed by atoms with E-state index in [2.05, 4.69) is 25.7 Å². The van der Waals surface area contributed by atoms with Crippen molar-refractivity contribution >= 4 is 21.9 Å². The summed E-state index contributed by atoms with van der Waals surface area (Å²) < 4.78 is 5.61. The fourth-order valence-electron chi connectivity index (χ4n) is 1.46. The number of aromatic nitrogens is 1. The van der Waals surface area contributed by atoms with Crippen LogP contribution in [0.3, 0.4) is 0 Å². The maximum absolute atomic E-state index is 11.4. The lowest BCUT2D eigenvalue weighted by Gasteiger charge is -2.03. The zero-order valence-corrected chi connectivity index (χ0v) is 10.8. The number of halogens is 1. The van der Waals surface area contributed by atoms with Crippen LogP contribution in [0.2, 0.25) is 0 Å². The number of hydrogen-bond donors (Lipinski definition) is 0. The first-order valence-electron chi connectivity index (χ1n) is 5.02. The molecule has 1 aromatic carbocycles. The van der Waals surface area contributed by atoms with Crippen LogP contribution in [-0.4, -0.2) is 18.1 Å². The molecule has 0 radical (unpaired) electrons. The average molecular weight is 292 g/mol. The highest BCUT2D eigenvalue weighted by molar-refractivity contribution is 9.10. The third-order valence-corrected chi connectivity index (χ3v) is 2.76. The van der Waals surface area contributed by atoms with Crippen molar-refractivity contribution in [3.8, 4) is 11.3 Å². The summed E-state index contributed by atoms with van der Waals surface area (Å²) in [6.45, 7) is 0. The zero-order valence-electron chi connectivity index (χ0n) is 9.18. The van der Waals surface area contributed by atoms with Crippen LogP contribution in [0.4, 0.5) is 0 Å². The molecular weight excluding hydrogens is 282 g/mol. The van der Waals surface area contributed by atoms with E-state index in [0.29, 0.717) is 5.69 Å². The molecule has 0 N–H and O–H groups in total. The second-order valence-electron chi connectivity index (χ2n) is 3.41. The minimum absolute atomic E-state index is 0.310. The fraction of sp³-hybridized carbons (Fsp3) is 0.0769. The van der Waals surface area contributed by atoms with Gasteiger partial charge < -0.3 is 4.74 Å². The Kier molecular flexibility index (Phi) is 3.54. The highest BCUT2D eigenvalue weighted by Gasteiger charge is 2.08. The van der Waals surface area contributed by atoms with Gasteiger partial charge in [0.15, 0.2) is 0 Å². The van der Waals surface area contributed by atoms with E-state index in [9.17, 15) is 4.79 Å². The molecule has 1 heterocycles. The molecule has 0 aliphatic carbocycles. The second kappa shape index (κ2) is 5.10. The Bertz CT molecular complexity index is 555. The molecule has 0 aliphatic rings. The van der Waals surface area contributed by atoms with Crippen LogP contribution >= 0.6 is 15.9 Å². The van der Waals surface area contributed by atoms with E-state index < -0.39 is 5.97 Å². The molecule has 0 fully saturated rings. The van der Waals surface area contributed by atoms with Gasteiger partial charge in [0.1, 0.15) is 5.69 Å². The van der Waals surface area contributed by atoms with E-state index in [-0.39, 0.29) is 0 Å². The van der Waals surface area contributed by atoms with Crippen molar-refractivity contribution in [3.05, 3.63) is 52.6 Å². The van der Waals surface area contributed by atoms with Gasteiger partial charge in [-0.15, -0.1) is 0 Å². The summed E-state index contributed by atoms with van der Waals surface area (Å²) in [6.07, 6.45) is 0. The number of ether oxygens (including phenoxy) is 1. The molecule has 0 amide bonds. The number of pyridine rings is 1. The molecule has 0 spiro atoms.